The standard InChI is InChI=1S/C19H18ClF3N2O2/c1-12-7-8-14(11-16(12)20)24-18(27)9-10-25(13(2)26)17-6-4-3-5-15(17)19(21,22)23/h3-8,11H,9-10H2,1-2H3,(H,24,27). The van der Waals surface area contributed by atoms with Gasteiger partial charge in [0.15, 0.2) is 0 Å². The van der Waals surface area contributed by atoms with Crippen molar-refractivity contribution in [3.8, 4) is 0 Å². The van der Waals surface area contributed by atoms with Crippen LogP contribution >= 0.6 is 11.6 Å². The molecule has 2 aromatic carbocycles. The van der Waals surface area contributed by atoms with E-state index in [9.17, 15) is 22.8 Å². The van der Waals surface area contributed by atoms with E-state index in [1.165, 1.54) is 18.2 Å². The number of anilines is 2. The number of aryl methyl sites for hydroxylation is 1. The van der Waals surface area contributed by atoms with E-state index in [0.29, 0.717) is 10.7 Å². The number of alkyl halides is 3. The molecule has 144 valence electrons. The molecule has 4 nitrogen and oxygen atoms in total. The maximum atomic E-state index is 13.2. The van der Waals surface area contributed by atoms with E-state index in [1.54, 1.807) is 18.2 Å². The summed E-state index contributed by atoms with van der Waals surface area (Å²) in [5, 5.41) is 3.10. The molecule has 0 saturated carbocycles. The Balaban J connectivity index is 2.12. The lowest BCUT2D eigenvalue weighted by Crippen LogP contribution is -2.33. The number of para-hydroxylation sites is 1. The van der Waals surface area contributed by atoms with Crippen LogP contribution in [0.1, 0.15) is 24.5 Å². The second kappa shape index (κ2) is 8.43. The molecular formula is C19H18ClF3N2O2. The van der Waals surface area contributed by atoms with Crippen molar-refractivity contribution in [2.75, 3.05) is 16.8 Å². The van der Waals surface area contributed by atoms with Crippen molar-refractivity contribution in [2.45, 2.75) is 26.4 Å². The summed E-state index contributed by atoms with van der Waals surface area (Å²) in [6.45, 7) is 2.79. The Morgan fingerprint density at radius 2 is 1.81 bits per heavy atom. The molecule has 0 aliphatic rings. The molecule has 0 atom stereocenters. The lowest BCUT2D eigenvalue weighted by molar-refractivity contribution is -0.137. The predicted molar refractivity (Wildman–Crippen MR) is 98.9 cm³/mol. The summed E-state index contributed by atoms with van der Waals surface area (Å²) in [6, 6.07) is 9.76. The zero-order valence-electron chi connectivity index (χ0n) is 14.7. The van der Waals surface area contributed by atoms with Gasteiger partial charge in [0, 0.05) is 30.6 Å². The molecular weight excluding hydrogens is 381 g/mol. The molecule has 0 spiro atoms. The van der Waals surface area contributed by atoms with Crippen molar-refractivity contribution in [1.82, 2.24) is 0 Å². The predicted octanol–water partition coefficient (Wildman–Crippen LogP) is 5.05. The van der Waals surface area contributed by atoms with Gasteiger partial charge >= 0.3 is 6.18 Å². The first kappa shape index (κ1) is 20.8. The van der Waals surface area contributed by atoms with Crippen molar-refractivity contribution in [1.29, 1.82) is 0 Å². The second-order valence-corrected chi connectivity index (χ2v) is 6.35. The van der Waals surface area contributed by atoms with Crippen molar-refractivity contribution < 1.29 is 22.8 Å². The number of amides is 2. The first-order valence-electron chi connectivity index (χ1n) is 8.10. The van der Waals surface area contributed by atoms with Crippen LogP contribution in [-0.4, -0.2) is 18.4 Å². The molecule has 0 aliphatic carbocycles. The average molecular weight is 399 g/mol. The quantitative estimate of drug-likeness (QED) is 0.766. The zero-order valence-corrected chi connectivity index (χ0v) is 15.5. The topological polar surface area (TPSA) is 49.4 Å². The molecule has 0 aromatic heterocycles. The smallest absolute Gasteiger partial charge is 0.326 e. The molecule has 0 saturated heterocycles. The van der Waals surface area contributed by atoms with E-state index in [1.807, 2.05) is 6.92 Å². The maximum Gasteiger partial charge on any atom is 0.418 e. The van der Waals surface area contributed by atoms with Crippen LogP contribution < -0.4 is 10.2 Å². The number of benzene rings is 2. The van der Waals surface area contributed by atoms with E-state index in [0.717, 1.165) is 23.5 Å². The minimum absolute atomic E-state index is 0.169. The van der Waals surface area contributed by atoms with Crippen molar-refractivity contribution >= 4 is 34.8 Å². The summed E-state index contributed by atoms with van der Waals surface area (Å²) >= 11 is 6.00. The summed E-state index contributed by atoms with van der Waals surface area (Å²) in [6.07, 6.45) is -4.78. The zero-order chi connectivity index (χ0) is 20.2. The molecule has 2 amide bonds. The van der Waals surface area contributed by atoms with Crippen LogP contribution in [-0.2, 0) is 15.8 Å². The molecule has 2 aromatic rings. The van der Waals surface area contributed by atoms with Crippen molar-refractivity contribution in [3.05, 3.63) is 58.6 Å². The maximum absolute atomic E-state index is 13.2. The fourth-order valence-electron chi connectivity index (χ4n) is 2.50. The monoisotopic (exact) mass is 398 g/mol. The Labute approximate surface area is 159 Å². The number of hydrogen-bond acceptors (Lipinski definition) is 2. The third-order valence-corrected chi connectivity index (χ3v) is 4.31. The molecule has 0 fully saturated rings. The lowest BCUT2D eigenvalue weighted by atomic mass is 10.1. The normalized spacial score (nSPS) is 11.2. The average Bonchev–Trinajstić information content (AvgIpc) is 2.57. The fraction of sp³-hybridized carbons (Fsp3) is 0.263. The molecule has 0 aliphatic heterocycles. The van der Waals surface area contributed by atoms with Crippen molar-refractivity contribution in [3.63, 3.8) is 0 Å². The van der Waals surface area contributed by atoms with E-state index >= 15 is 0 Å². The first-order chi connectivity index (χ1) is 12.6. The van der Waals surface area contributed by atoms with E-state index in [4.69, 9.17) is 11.6 Å². The first-order valence-corrected chi connectivity index (χ1v) is 8.47. The highest BCUT2D eigenvalue weighted by Gasteiger charge is 2.35. The van der Waals surface area contributed by atoms with Crippen LogP contribution in [0.4, 0.5) is 24.5 Å². The van der Waals surface area contributed by atoms with Crippen LogP contribution in [0.3, 0.4) is 0 Å². The number of halogens is 4. The molecule has 0 unspecified atom stereocenters. The minimum atomic E-state index is -4.61. The number of nitrogens with one attached hydrogen (secondary N) is 1. The summed E-state index contributed by atoms with van der Waals surface area (Å²) in [7, 11) is 0. The molecule has 0 bridgehead atoms. The van der Waals surface area contributed by atoms with Gasteiger partial charge in [-0.3, -0.25) is 9.59 Å². The van der Waals surface area contributed by atoms with Gasteiger partial charge in [-0.1, -0.05) is 29.8 Å². The third-order valence-electron chi connectivity index (χ3n) is 3.90. The Morgan fingerprint density at radius 1 is 1.15 bits per heavy atom. The summed E-state index contributed by atoms with van der Waals surface area (Å²) < 4.78 is 39.6. The van der Waals surface area contributed by atoms with Crippen LogP contribution in [0.25, 0.3) is 0 Å². The lowest BCUT2D eigenvalue weighted by Gasteiger charge is -2.24. The summed E-state index contributed by atoms with van der Waals surface area (Å²) in [5.74, 6) is -1.02. The van der Waals surface area contributed by atoms with Gasteiger partial charge in [-0.15, -0.1) is 0 Å². The highest BCUT2D eigenvalue weighted by molar-refractivity contribution is 6.31. The van der Waals surface area contributed by atoms with Crippen LogP contribution in [0, 0.1) is 6.92 Å². The number of carbonyl (C=O) groups excluding carboxylic acids is 2. The van der Waals surface area contributed by atoms with Gasteiger partial charge < -0.3 is 10.2 Å². The highest BCUT2D eigenvalue weighted by atomic mass is 35.5. The third kappa shape index (κ3) is 5.47. The Bertz CT molecular complexity index is 853. The van der Waals surface area contributed by atoms with Gasteiger partial charge in [0.25, 0.3) is 0 Å². The Morgan fingerprint density at radius 3 is 2.41 bits per heavy atom. The number of hydrogen-bond donors (Lipinski definition) is 1. The Kier molecular flexibility index (Phi) is 6.49. The fourth-order valence-corrected chi connectivity index (χ4v) is 2.68. The van der Waals surface area contributed by atoms with E-state index in [-0.39, 0.29) is 18.7 Å². The number of rotatable bonds is 5. The largest absolute Gasteiger partial charge is 0.418 e. The second-order valence-electron chi connectivity index (χ2n) is 5.95. The molecule has 0 heterocycles. The van der Waals surface area contributed by atoms with E-state index < -0.39 is 23.6 Å². The minimum Gasteiger partial charge on any atom is -0.326 e. The summed E-state index contributed by atoms with van der Waals surface area (Å²) in [4.78, 5) is 25.0. The molecule has 2 rings (SSSR count). The van der Waals surface area contributed by atoms with Crippen LogP contribution in [0.15, 0.2) is 42.5 Å². The van der Waals surface area contributed by atoms with Gasteiger partial charge in [0.1, 0.15) is 0 Å². The highest BCUT2D eigenvalue weighted by Crippen LogP contribution is 2.36. The van der Waals surface area contributed by atoms with Gasteiger partial charge in [0.2, 0.25) is 11.8 Å². The van der Waals surface area contributed by atoms with Crippen LogP contribution in [0.2, 0.25) is 5.02 Å². The van der Waals surface area contributed by atoms with E-state index in [2.05, 4.69) is 5.32 Å². The molecule has 1 N–H and O–H groups in total. The molecule has 27 heavy (non-hydrogen) atoms. The van der Waals surface area contributed by atoms with Crippen molar-refractivity contribution in [2.24, 2.45) is 0 Å². The van der Waals surface area contributed by atoms with Gasteiger partial charge in [-0.25, -0.2) is 0 Å². The number of nitrogens with zero attached hydrogens (tertiary/aromatic N) is 1. The Hall–Kier alpha value is -2.54. The van der Waals surface area contributed by atoms with Gasteiger partial charge in [-0.2, -0.15) is 13.2 Å². The van der Waals surface area contributed by atoms with Gasteiger partial charge in [0.05, 0.1) is 11.3 Å². The SMILES string of the molecule is CC(=O)N(CCC(=O)Nc1ccc(C)c(Cl)c1)c1ccccc1C(F)(F)F. The molecule has 0 radical (unpaired) electrons. The van der Waals surface area contributed by atoms with Crippen LogP contribution in [0.5, 0.6) is 0 Å². The van der Waals surface area contributed by atoms with Gasteiger partial charge in [-0.05, 0) is 36.8 Å². The molecule has 8 heteroatoms. The summed E-state index contributed by atoms with van der Waals surface area (Å²) in [5.41, 5.74) is 0.122. The number of carbonyl (C=O) groups is 2.